The number of rotatable bonds is 5. The number of hydrogen-bond donors (Lipinski definition) is 1. The SMILES string of the molecule is Cc1ccc(CN(C)Cc2ccoc2C(=O)O)o1. The number of carboxylic acid groups (broad SMARTS) is 1. The van der Waals surface area contributed by atoms with E-state index in [-0.39, 0.29) is 5.76 Å². The van der Waals surface area contributed by atoms with Gasteiger partial charge in [0.1, 0.15) is 11.5 Å². The summed E-state index contributed by atoms with van der Waals surface area (Å²) < 4.78 is 10.4. The minimum atomic E-state index is -1.04. The Morgan fingerprint density at radius 2 is 2.11 bits per heavy atom. The lowest BCUT2D eigenvalue weighted by Gasteiger charge is -2.14. The van der Waals surface area contributed by atoms with Gasteiger partial charge in [-0.15, -0.1) is 0 Å². The molecule has 0 bridgehead atoms. The first-order valence-electron chi connectivity index (χ1n) is 5.60. The zero-order chi connectivity index (χ0) is 13.1. The molecule has 5 nitrogen and oxygen atoms in total. The molecular formula is C13H15NO4. The number of furan rings is 2. The second-order valence-corrected chi connectivity index (χ2v) is 4.26. The van der Waals surface area contributed by atoms with Gasteiger partial charge in [0, 0.05) is 12.1 Å². The first-order valence-corrected chi connectivity index (χ1v) is 5.60. The van der Waals surface area contributed by atoms with E-state index in [1.54, 1.807) is 6.07 Å². The summed E-state index contributed by atoms with van der Waals surface area (Å²) in [6.45, 7) is 3.01. The first-order chi connectivity index (χ1) is 8.56. The van der Waals surface area contributed by atoms with Crippen molar-refractivity contribution in [1.29, 1.82) is 0 Å². The van der Waals surface area contributed by atoms with E-state index in [9.17, 15) is 4.79 Å². The van der Waals surface area contributed by atoms with Gasteiger partial charge in [0.05, 0.1) is 12.8 Å². The molecule has 0 aliphatic carbocycles. The molecule has 0 fully saturated rings. The molecule has 1 N–H and O–H groups in total. The van der Waals surface area contributed by atoms with Gasteiger partial charge in [0.25, 0.3) is 0 Å². The Morgan fingerprint density at radius 3 is 2.72 bits per heavy atom. The van der Waals surface area contributed by atoms with Crippen molar-refractivity contribution in [2.45, 2.75) is 20.0 Å². The summed E-state index contributed by atoms with van der Waals surface area (Å²) in [4.78, 5) is 12.9. The van der Waals surface area contributed by atoms with Crippen molar-refractivity contribution < 1.29 is 18.7 Å². The smallest absolute Gasteiger partial charge is 0.372 e. The molecule has 2 aromatic heterocycles. The lowest BCUT2D eigenvalue weighted by molar-refractivity contribution is 0.0659. The zero-order valence-corrected chi connectivity index (χ0v) is 10.3. The Morgan fingerprint density at radius 1 is 1.33 bits per heavy atom. The molecule has 0 spiro atoms. The molecule has 96 valence electrons. The minimum absolute atomic E-state index is 0.00234. The summed E-state index contributed by atoms with van der Waals surface area (Å²) in [5.41, 5.74) is 0.660. The van der Waals surface area contributed by atoms with Crippen LogP contribution in [0.5, 0.6) is 0 Å². The fourth-order valence-electron chi connectivity index (χ4n) is 1.83. The summed E-state index contributed by atoms with van der Waals surface area (Å²) in [5.74, 6) is 0.679. The molecule has 0 atom stereocenters. The van der Waals surface area contributed by atoms with E-state index < -0.39 is 5.97 Å². The summed E-state index contributed by atoms with van der Waals surface area (Å²) in [6.07, 6.45) is 1.39. The monoisotopic (exact) mass is 249 g/mol. The van der Waals surface area contributed by atoms with Crippen LogP contribution in [0, 0.1) is 6.92 Å². The number of carbonyl (C=O) groups is 1. The van der Waals surface area contributed by atoms with Crippen LogP contribution in [0.2, 0.25) is 0 Å². The highest BCUT2D eigenvalue weighted by molar-refractivity contribution is 5.86. The molecule has 0 aromatic carbocycles. The van der Waals surface area contributed by atoms with Crippen LogP contribution < -0.4 is 0 Å². The Kier molecular flexibility index (Phi) is 3.53. The van der Waals surface area contributed by atoms with E-state index in [1.807, 2.05) is 31.0 Å². The van der Waals surface area contributed by atoms with Crippen LogP contribution in [0.3, 0.4) is 0 Å². The summed E-state index contributed by atoms with van der Waals surface area (Å²) in [5, 5.41) is 8.93. The van der Waals surface area contributed by atoms with Crippen LogP contribution in [0.4, 0.5) is 0 Å². The molecule has 0 saturated heterocycles. The van der Waals surface area contributed by atoms with Crippen LogP contribution in [0.15, 0.2) is 33.3 Å². The highest BCUT2D eigenvalue weighted by Gasteiger charge is 2.15. The van der Waals surface area contributed by atoms with Gasteiger partial charge in [-0.05, 0) is 32.2 Å². The van der Waals surface area contributed by atoms with Crippen LogP contribution in [0.1, 0.15) is 27.6 Å². The van der Waals surface area contributed by atoms with Gasteiger partial charge in [0.2, 0.25) is 5.76 Å². The number of carboxylic acids is 1. The lowest BCUT2D eigenvalue weighted by Crippen LogP contribution is -2.18. The Bertz CT molecular complexity index is 541. The Balaban J connectivity index is 2.00. The van der Waals surface area contributed by atoms with Crippen molar-refractivity contribution in [1.82, 2.24) is 4.90 Å². The predicted octanol–water partition coefficient (Wildman–Crippen LogP) is 2.51. The van der Waals surface area contributed by atoms with Gasteiger partial charge in [0.15, 0.2) is 0 Å². The van der Waals surface area contributed by atoms with E-state index in [1.165, 1.54) is 6.26 Å². The summed E-state index contributed by atoms with van der Waals surface area (Å²) in [6, 6.07) is 5.50. The van der Waals surface area contributed by atoms with Crippen molar-refractivity contribution in [2.24, 2.45) is 0 Å². The number of nitrogens with zero attached hydrogens (tertiary/aromatic N) is 1. The van der Waals surface area contributed by atoms with Crippen molar-refractivity contribution >= 4 is 5.97 Å². The molecule has 0 amide bonds. The molecule has 0 aliphatic rings. The topological polar surface area (TPSA) is 66.8 Å². The fourth-order valence-corrected chi connectivity index (χ4v) is 1.83. The molecule has 2 heterocycles. The third-order valence-corrected chi connectivity index (χ3v) is 2.60. The molecule has 2 aromatic rings. The van der Waals surface area contributed by atoms with Gasteiger partial charge in [-0.2, -0.15) is 0 Å². The third-order valence-electron chi connectivity index (χ3n) is 2.60. The highest BCUT2D eigenvalue weighted by Crippen LogP contribution is 2.15. The molecule has 0 radical (unpaired) electrons. The van der Waals surface area contributed by atoms with Gasteiger partial charge in [-0.25, -0.2) is 4.79 Å². The van der Waals surface area contributed by atoms with Crippen LogP contribution >= 0.6 is 0 Å². The molecule has 18 heavy (non-hydrogen) atoms. The maximum Gasteiger partial charge on any atom is 0.372 e. The molecule has 5 heteroatoms. The van der Waals surface area contributed by atoms with E-state index in [4.69, 9.17) is 13.9 Å². The van der Waals surface area contributed by atoms with Crippen LogP contribution in [0.25, 0.3) is 0 Å². The van der Waals surface area contributed by atoms with Gasteiger partial charge >= 0.3 is 5.97 Å². The Hall–Kier alpha value is -2.01. The quantitative estimate of drug-likeness (QED) is 0.881. The van der Waals surface area contributed by atoms with Gasteiger partial charge in [-0.3, -0.25) is 4.90 Å². The zero-order valence-electron chi connectivity index (χ0n) is 10.3. The lowest BCUT2D eigenvalue weighted by atomic mass is 10.2. The van der Waals surface area contributed by atoms with E-state index >= 15 is 0 Å². The van der Waals surface area contributed by atoms with Gasteiger partial charge < -0.3 is 13.9 Å². The van der Waals surface area contributed by atoms with Crippen molar-refractivity contribution in [2.75, 3.05) is 7.05 Å². The Labute approximate surface area is 105 Å². The predicted molar refractivity (Wildman–Crippen MR) is 64.3 cm³/mol. The first kappa shape index (κ1) is 12.4. The maximum atomic E-state index is 10.9. The molecular weight excluding hydrogens is 234 g/mol. The fraction of sp³-hybridized carbons (Fsp3) is 0.308. The number of aromatic carboxylic acids is 1. The summed E-state index contributed by atoms with van der Waals surface area (Å²) >= 11 is 0. The highest BCUT2D eigenvalue weighted by atomic mass is 16.4. The second kappa shape index (κ2) is 5.10. The van der Waals surface area contributed by atoms with Crippen molar-refractivity contribution in [3.05, 3.63) is 47.3 Å². The molecule has 0 unspecified atom stereocenters. The van der Waals surface area contributed by atoms with E-state index in [2.05, 4.69) is 0 Å². The largest absolute Gasteiger partial charge is 0.475 e. The average Bonchev–Trinajstić information content (AvgIpc) is 2.87. The van der Waals surface area contributed by atoms with Crippen LogP contribution in [-0.2, 0) is 13.1 Å². The van der Waals surface area contributed by atoms with Crippen molar-refractivity contribution in [3.63, 3.8) is 0 Å². The van der Waals surface area contributed by atoms with E-state index in [0.29, 0.717) is 18.7 Å². The van der Waals surface area contributed by atoms with Crippen LogP contribution in [-0.4, -0.2) is 23.0 Å². The minimum Gasteiger partial charge on any atom is -0.475 e. The number of aryl methyl sites for hydroxylation is 1. The van der Waals surface area contributed by atoms with E-state index in [0.717, 1.165) is 11.5 Å². The molecule has 0 aliphatic heterocycles. The summed E-state index contributed by atoms with van der Waals surface area (Å²) in [7, 11) is 1.90. The van der Waals surface area contributed by atoms with Gasteiger partial charge in [-0.1, -0.05) is 0 Å². The number of hydrogen-bond acceptors (Lipinski definition) is 4. The molecule has 2 rings (SSSR count). The second-order valence-electron chi connectivity index (χ2n) is 4.26. The normalized spacial score (nSPS) is 11.1. The van der Waals surface area contributed by atoms with Crippen molar-refractivity contribution in [3.8, 4) is 0 Å². The standard InChI is InChI=1S/C13H15NO4/c1-9-3-4-11(18-9)8-14(2)7-10-5-6-17-12(10)13(15)16/h3-6H,7-8H2,1-2H3,(H,15,16). The third kappa shape index (κ3) is 2.81. The maximum absolute atomic E-state index is 10.9. The molecule has 0 saturated carbocycles. The average molecular weight is 249 g/mol.